The lowest BCUT2D eigenvalue weighted by molar-refractivity contribution is -0.152. The fraction of sp³-hybridized carbons (Fsp3) is 0.500. The first kappa shape index (κ1) is 22.0. The van der Waals surface area contributed by atoms with E-state index >= 15 is 0 Å². The number of esters is 1. The summed E-state index contributed by atoms with van der Waals surface area (Å²) in [5, 5.41) is 12.3. The van der Waals surface area contributed by atoms with E-state index < -0.39 is 52.0 Å². The second-order valence-corrected chi connectivity index (χ2v) is 8.41. The third-order valence-corrected chi connectivity index (χ3v) is 4.46. The fourth-order valence-corrected chi connectivity index (χ4v) is 3.13. The molecule has 2 atom stereocenters. The van der Waals surface area contributed by atoms with Gasteiger partial charge >= 0.3 is 5.97 Å². The van der Waals surface area contributed by atoms with E-state index in [9.17, 15) is 27.5 Å². The molecule has 0 fully saturated rings. The summed E-state index contributed by atoms with van der Waals surface area (Å²) in [6, 6.07) is 2.28. The summed E-state index contributed by atoms with van der Waals surface area (Å²) in [4.78, 5) is 23.4. The molecule has 1 rings (SSSR count). The van der Waals surface area contributed by atoms with Crippen LogP contribution in [0.4, 0.5) is 4.39 Å². The molecule has 0 heterocycles. The maximum Gasteiger partial charge on any atom is 0.327 e. The number of carbonyl (C=O) groups is 2. The van der Waals surface area contributed by atoms with Crippen molar-refractivity contribution in [2.75, 3.05) is 6.61 Å². The molecule has 0 aliphatic heterocycles. The molecular formula is C16H23FN2O6S. The van der Waals surface area contributed by atoms with E-state index in [4.69, 9.17) is 4.74 Å². The number of aliphatic hydroxyl groups is 1. The van der Waals surface area contributed by atoms with E-state index in [2.05, 4.69) is 5.32 Å². The lowest BCUT2D eigenvalue weighted by Crippen LogP contribution is -2.49. The van der Waals surface area contributed by atoms with Gasteiger partial charge in [-0.15, -0.1) is 0 Å². The Labute approximate surface area is 151 Å². The van der Waals surface area contributed by atoms with E-state index in [1.54, 1.807) is 20.8 Å². The third-order valence-electron chi connectivity index (χ3n) is 3.00. The van der Waals surface area contributed by atoms with Gasteiger partial charge in [0, 0.05) is 5.54 Å². The predicted molar refractivity (Wildman–Crippen MR) is 91.0 cm³/mol. The first-order valence-corrected chi connectivity index (χ1v) is 9.24. The largest absolute Gasteiger partial charge is 0.454 e. The van der Waals surface area contributed by atoms with Crippen LogP contribution in [-0.4, -0.2) is 49.7 Å². The number of hydrogen-bond acceptors (Lipinski definition) is 6. The van der Waals surface area contributed by atoms with Gasteiger partial charge in [-0.2, -0.15) is 4.72 Å². The van der Waals surface area contributed by atoms with Crippen LogP contribution in [0.1, 0.15) is 27.7 Å². The number of carbonyl (C=O) groups excluding carboxylic acids is 2. The van der Waals surface area contributed by atoms with Gasteiger partial charge in [0.15, 0.2) is 6.61 Å². The van der Waals surface area contributed by atoms with Gasteiger partial charge in [-0.25, -0.2) is 12.8 Å². The highest BCUT2D eigenvalue weighted by Gasteiger charge is 2.31. The number of nitrogens with one attached hydrogen (secondary N) is 2. The Bertz CT molecular complexity index is 741. The molecule has 0 saturated carbocycles. The summed E-state index contributed by atoms with van der Waals surface area (Å²) in [6.45, 7) is 5.78. The van der Waals surface area contributed by atoms with Crippen LogP contribution < -0.4 is 10.0 Å². The number of halogens is 1. The lowest BCUT2D eigenvalue weighted by Gasteiger charge is -2.22. The van der Waals surface area contributed by atoms with Gasteiger partial charge in [-0.05, 0) is 52.0 Å². The monoisotopic (exact) mass is 390 g/mol. The molecule has 26 heavy (non-hydrogen) atoms. The number of hydrogen-bond donors (Lipinski definition) is 3. The van der Waals surface area contributed by atoms with E-state index in [1.807, 2.05) is 4.72 Å². The van der Waals surface area contributed by atoms with Crippen molar-refractivity contribution in [1.82, 2.24) is 10.0 Å². The van der Waals surface area contributed by atoms with Crippen LogP contribution in [-0.2, 0) is 24.3 Å². The molecule has 146 valence electrons. The zero-order chi connectivity index (χ0) is 20.1. The summed E-state index contributed by atoms with van der Waals surface area (Å²) >= 11 is 0. The van der Waals surface area contributed by atoms with Crippen molar-refractivity contribution in [3.05, 3.63) is 30.1 Å². The zero-order valence-electron chi connectivity index (χ0n) is 14.9. The quantitative estimate of drug-likeness (QED) is 0.576. The number of rotatable bonds is 7. The van der Waals surface area contributed by atoms with Crippen LogP contribution in [0.15, 0.2) is 29.2 Å². The van der Waals surface area contributed by atoms with E-state index in [0.29, 0.717) is 0 Å². The van der Waals surface area contributed by atoms with Gasteiger partial charge in [-0.3, -0.25) is 9.59 Å². The molecule has 0 aliphatic carbocycles. The van der Waals surface area contributed by atoms with E-state index in [-0.39, 0.29) is 4.90 Å². The minimum Gasteiger partial charge on any atom is -0.454 e. The van der Waals surface area contributed by atoms with Crippen molar-refractivity contribution in [2.24, 2.45) is 0 Å². The van der Waals surface area contributed by atoms with Crippen molar-refractivity contribution in [2.45, 2.75) is 50.3 Å². The highest BCUT2D eigenvalue weighted by molar-refractivity contribution is 7.89. The zero-order valence-corrected chi connectivity index (χ0v) is 15.8. The third kappa shape index (κ3) is 7.06. The van der Waals surface area contributed by atoms with Crippen LogP contribution in [0.25, 0.3) is 0 Å². The number of sulfonamides is 1. The first-order valence-electron chi connectivity index (χ1n) is 7.75. The molecule has 0 aliphatic rings. The number of aliphatic hydroxyl groups excluding tert-OH is 1. The summed E-state index contributed by atoms with van der Waals surface area (Å²) in [6.07, 6.45) is -1.43. The minimum atomic E-state index is -4.21. The minimum absolute atomic E-state index is 0.289. The Morgan fingerprint density at radius 2 is 1.77 bits per heavy atom. The second-order valence-electron chi connectivity index (χ2n) is 6.70. The average molecular weight is 390 g/mol. The molecule has 1 aromatic carbocycles. The van der Waals surface area contributed by atoms with Crippen LogP contribution in [0.2, 0.25) is 0 Å². The molecular weight excluding hydrogens is 367 g/mol. The summed E-state index contributed by atoms with van der Waals surface area (Å²) in [5.41, 5.74) is -0.530. The van der Waals surface area contributed by atoms with Crippen LogP contribution in [0.3, 0.4) is 0 Å². The predicted octanol–water partition coefficient (Wildman–Crippen LogP) is 0.311. The smallest absolute Gasteiger partial charge is 0.327 e. The van der Waals surface area contributed by atoms with Gasteiger partial charge in [-0.1, -0.05) is 0 Å². The van der Waals surface area contributed by atoms with Crippen LogP contribution in [0, 0.1) is 5.82 Å². The van der Waals surface area contributed by atoms with Crippen LogP contribution in [0.5, 0.6) is 0 Å². The second kappa shape index (κ2) is 8.56. The van der Waals surface area contributed by atoms with Gasteiger partial charge < -0.3 is 15.2 Å². The average Bonchev–Trinajstić information content (AvgIpc) is 2.49. The molecule has 3 N–H and O–H groups in total. The van der Waals surface area contributed by atoms with Gasteiger partial charge in [0.1, 0.15) is 11.9 Å². The first-order chi connectivity index (χ1) is 11.8. The van der Waals surface area contributed by atoms with Crippen molar-refractivity contribution in [3.8, 4) is 0 Å². The normalized spacial score (nSPS) is 14.4. The van der Waals surface area contributed by atoms with Crippen molar-refractivity contribution in [3.63, 3.8) is 0 Å². The van der Waals surface area contributed by atoms with Gasteiger partial charge in [0.2, 0.25) is 10.0 Å². The molecule has 0 radical (unpaired) electrons. The number of amides is 1. The van der Waals surface area contributed by atoms with Crippen molar-refractivity contribution >= 4 is 21.9 Å². The van der Waals surface area contributed by atoms with Crippen molar-refractivity contribution < 1.29 is 32.2 Å². The summed E-state index contributed by atoms with van der Waals surface area (Å²) in [7, 11) is -4.21. The number of benzene rings is 1. The Hall–Kier alpha value is -2.04. The highest BCUT2D eigenvalue weighted by atomic mass is 32.2. The maximum absolute atomic E-state index is 12.9. The maximum atomic E-state index is 12.9. The van der Waals surface area contributed by atoms with Gasteiger partial charge in [0.25, 0.3) is 5.91 Å². The Morgan fingerprint density at radius 3 is 2.23 bits per heavy atom. The SMILES string of the molecule is C[C@H](O)[C@@H](NS(=O)(=O)c1ccc(F)cc1)C(=O)OCC(=O)NC(C)(C)C. The molecule has 1 aromatic rings. The fourth-order valence-electron chi connectivity index (χ4n) is 1.87. The lowest BCUT2D eigenvalue weighted by atomic mass is 10.1. The molecule has 0 saturated heterocycles. The standard InChI is InChI=1S/C16H23FN2O6S/c1-10(20)14(15(22)25-9-13(21)18-16(2,3)4)19-26(23,24)12-7-5-11(17)6-8-12/h5-8,10,14,19-20H,9H2,1-4H3,(H,18,21)/t10-,14+/m0/s1. The molecule has 8 nitrogen and oxygen atoms in total. The molecule has 0 bridgehead atoms. The topological polar surface area (TPSA) is 122 Å². The Balaban J connectivity index is 2.80. The van der Waals surface area contributed by atoms with Crippen molar-refractivity contribution in [1.29, 1.82) is 0 Å². The molecule has 0 spiro atoms. The van der Waals surface area contributed by atoms with E-state index in [1.165, 1.54) is 6.92 Å². The molecule has 1 amide bonds. The Morgan fingerprint density at radius 1 is 1.23 bits per heavy atom. The number of ether oxygens (including phenoxy) is 1. The molecule has 0 aromatic heterocycles. The molecule has 0 unspecified atom stereocenters. The Kier molecular flexibility index (Phi) is 7.25. The highest BCUT2D eigenvalue weighted by Crippen LogP contribution is 2.12. The van der Waals surface area contributed by atoms with E-state index in [0.717, 1.165) is 24.3 Å². The van der Waals surface area contributed by atoms with Gasteiger partial charge in [0.05, 0.1) is 11.0 Å². The van der Waals surface area contributed by atoms with Crippen LogP contribution >= 0.6 is 0 Å². The molecule has 10 heteroatoms. The summed E-state index contributed by atoms with van der Waals surface area (Å²) < 4.78 is 44.2. The summed E-state index contributed by atoms with van der Waals surface area (Å²) in [5.74, 6) is -2.31.